The number of amidine groups is 2. The summed E-state index contributed by atoms with van der Waals surface area (Å²) in [7, 11) is 1.58. The van der Waals surface area contributed by atoms with Crippen LogP contribution in [0.15, 0.2) is 88.8 Å². The molecule has 1 amide bonds. The first-order chi connectivity index (χ1) is 17.0. The summed E-state index contributed by atoms with van der Waals surface area (Å²) in [6.07, 6.45) is 1.67. The summed E-state index contributed by atoms with van der Waals surface area (Å²) in [6, 6.07) is 23.4. The molecule has 2 aliphatic heterocycles. The molecule has 0 fully saturated rings. The second-order valence-electron chi connectivity index (χ2n) is 8.12. The highest BCUT2D eigenvalue weighted by Crippen LogP contribution is 2.37. The molecule has 0 aromatic heterocycles. The summed E-state index contributed by atoms with van der Waals surface area (Å²) in [4.78, 5) is 18.7. The van der Waals surface area contributed by atoms with Crippen molar-refractivity contribution in [3.8, 4) is 11.5 Å². The predicted molar refractivity (Wildman–Crippen MR) is 140 cm³/mol. The van der Waals surface area contributed by atoms with Gasteiger partial charge in [0.25, 0.3) is 5.91 Å². The second-order valence-corrected chi connectivity index (χ2v) is 8.95. The fraction of sp³-hybridized carbons (Fsp3) is 0.107. The SMILES string of the molecule is COc1cc(/C=C2/C(=N)N3C(c4ccccc4)=CSC3=NC2=O)ccc1OCc1cccc(C)c1. The zero-order valence-corrected chi connectivity index (χ0v) is 20.1. The molecule has 1 N–H and O–H groups in total. The van der Waals surface area contributed by atoms with E-state index >= 15 is 0 Å². The minimum absolute atomic E-state index is 0.0962. The lowest BCUT2D eigenvalue weighted by Crippen LogP contribution is -2.38. The molecule has 0 atom stereocenters. The number of nitrogens with one attached hydrogen (secondary N) is 1. The van der Waals surface area contributed by atoms with Crippen molar-refractivity contribution >= 4 is 40.4 Å². The third-order valence-electron chi connectivity index (χ3n) is 5.66. The maximum absolute atomic E-state index is 12.8. The maximum Gasteiger partial charge on any atom is 0.283 e. The molecule has 0 bridgehead atoms. The number of amides is 1. The maximum atomic E-state index is 12.8. The Hall–Kier alpha value is -4.10. The number of aryl methyl sites for hydroxylation is 1. The first-order valence-electron chi connectivity index (χ1n) is 11.1. The van der Waals surface area contributed by atoms with Crippen molar-refractivity contribution in [2.75, 3.05) is 7.11 Å². The molecule has 3 aromatic carbocycles. The third-order valence-corrected chi connectivity index (χ3v) is 6.49. The van der Waals surface area contributed by atoms with Crippen molar-refractivity contribution in [1.82, 2.24) is 4.90 Å². The molecule has 3 aromatic rings. The van der Waals surface area contributed by atoms with E-state index in [1.165, 1.54) is 17.3 Å². The zero-order valence-electron chi connectivity index (χ0n) is 19.3. The number of carbonyl (C=O) groups excluding carboxylic acids is 1. The van der Waals surface area contributed by atoms with Crippen LogP contribution in [0, 0.1) is 12.3 Å². The number of aliphatic imine (C=N–C) groups is 1. The van der Waals surface area contributed by atoms with Gasteiger partial charge >= 0.3 is 0 Å². The zero-order chi connectivity index (χ0) is 24.4. The van der Waals surface area contributed by atoms with Gasteiger partial charge in [0.15, 0.2) is 16.7 Å². The van der Waals surface area contributed by atoms with Crippen molar-refractivity contribution in [2.45, 2.75) is 13.5 Å². The Morgan fingerprint density at radius 1 is 1.03 bits per heavy atom. The van der Waals surface area contributed by atoms with Gasteiger partial charge in [0.2, 0.25) is 0 Å². The van der Waals surface area contributed by atoms with E-state index in [1.54, 1.807) is 24.2 Å². The van der Waals surface area contributed by atoms with Gasteiger partial charge in [0.05, 0.1) is 18.4 Å². The number of rotatable bonds is 6. The number of ether oxygens (including phenoxy) is 2. The average Bonchev–Trinajstić information content (AvgIpc) is 3.30. The highest BCUT2D eigenvalue weighted by atomic mass is 32.2. The molecular weight excluding hydrogens is 458 g/mol. The number of fused-ring (bicyclic) bond motifs is 1. The number of carbonyl (C=O) groups is 1. The van der Waals surface area contributed by atoms with Gasteiger partial charge in [-0.1, -0.05) is 78.0 Å². The number of thioether (sulfide) groups is 1. The Balaban J connectivity index is 1.40. The molecule has 0 saturated heterocycles. The predicted octanol–water partition coefficient (Wildman–Crippen LogP) is 5.89. The Kier molecular flexibility index (Phi) is 6.25. The van der Waals surface area contributed by atoms with Crippen molar-refractivity contribution < 1.29 is 14.3 Å². The van der Waals surface area contributed by atoms with Gasteiger partial charge < -0.3 is 9.47 Å². The van der Waals surface area contributed by atoms with Gasteiger partial charge in [-0.25, -0.2) is 0 Å². The number of hydrogen-bond donors (Lipinski definition) is 1. The van der Waals surface area contributed by atoms with Crippen LogP contribution in [-0.4, -0.2) is 28.9 Å². The Bertz CT molecular complexity index is 1410. The van der Waals surface area contributed by atoms with Crippen molar-refractivity contribution in [1.29, 1.82) is 5.41 Å². The molecule has 174 valence electrons. The van der Waals surface area contributed by atoms with Crippen LogP contribution in [0.1, 0.15) is 22.3 Å². The van der Waals surface area contributed by atoms with Crippen LogP contribution in [0.4, 0.5) is 0 Å². The molecule has 0 saturated carbocycles. The highest BCUT2D eigenvalue weighted by Gasteiger charge is 2.36. The average molecular weight is 482 g/mol. The number of hydrogen-bond acceptors (Lipinski definition) is 5. The lowest BCUT2D eigenvalue weighted by atomic mass is 10.1. The molecule has 0 unspecified atom stereocenters. The van der Waals surface area contributed by atoms with E-state index in [-0.39, 0.29) is 11.4 Å². The van der Waals surface area contributed by atoms with Gasteiger partial charge in [-0.05, 0) is 41.8 Å². The van der Waals surface area contributed by atoms with Crippen LogP contribution in [0.25, 0.3) is 11.8 Å². The van der Waals surface area contributed by atoms with E-state index in [4.69, 9.17) is 14.9 Å². The van der Waals surface area contributed by atoms with E-state index in [1.807, 2.05) is 73.0 Å². The summed E-state index contributed by atoms with van der Waals surface area (Å²) in [5.41, 5.74) is 4.96. The molecule has 0 spiro atoms. The van der Waals surface area contributed by atoms with Crippen LogP contribution in [0.5, 0.6) is 11.5 Å². The van der Waals surface area contributed by atoms with E-state index in [0.717, 1.165) is 16.8 Å². The Morgan fingerprint density at radius 2 is 1.86 bits per heavy atom. The standard InChI is InChI=1S/C28H23N3O3S/c1-18-7-6-8-20(13-18)16-34-24-12-11-19(15-25(24)33-2)14-22-26(29)31-23(21-9-4-3-5-10-21)17-35-28(31)30-27(22)32/h3-15,17,29H,16H2,1-2H3/b22-14-,29-26?. The van der Waals surface area contributed by atoms with E-state index < -0.39 is 5.91 Å². The minimum atomic E-state index is -0.435. The molecule has 0 radical (unpaired) electrons. The highest BCUT2D eigenvalue weighted by molar-refractivity contribution is 8.17. The van der Waals surface area contributed by atoms with Crippen molar-refractivity contribution in [3.63, 3.8) is 0 Å². The Morgan fingerprint density at radius 3 is 2.63 bits per heavy atom. The molecular formula is C28H23N3O3S. The number of benzene rings is 3. The second kappa shape index (κ2) is 9.64. The lowest BCUT2D eigenvalue weighted by molar-refractivity contribution is -0.114. The minimum Gasteiger partial charge on any atom is -0.493 e. The van der Waals surface area contributed by atoms with Crippen molar-refractivity contribution in [3.05, 3.63) is 106 Å². The van der Waals surface area contributed by atoms with E-state index in [2.05, 4.69) is 11.1 Å². The lowest BCUT2D eigenvalue weighted by Gasteiger charge is -2.27. The fourth-order valence-corrected chi connectivity index (χ4v) is 4.83. The van der Waals surface area contributed by atoms with E-state index in [9.17, 15) is 4.79 Å². The number of nitrogens with zero attached hydrogens (tertiary/aromatic N) is 2. The van der Waals surface area contributed by atoms with Crippen molar-refractivity contribution in [2.24, 2.45) is 4.99 Å². The quantitative estimate of drug-likeness (QED) is 0.445. The molecule has 0 aliphatic carbocycles. The monoisotopic (exact) mass is 481 g/mol. The van der Waals surface area contributed by atoms with Crippen LogP contribution >= 0.6 is 11.8 Å². The van der Waals surface area contributed by atoms with Gasteiger partial charge in [-0.15, -0.1) is 0 Å². The van der Waals surface area contributed by atoms with Crippen LogP contribution in [-0.2, 0) is 11.4 Å². The Labute approximate surface area is 208 Å². The summed E-state index contributed by atoms with van der Waals surface area (Å²) in [5, 5.41) is 11.2. The topological polar surface area (TPSA) is 75.0 Å². The summed E-state index contributed by atoms with van der Waals surface area (Å²) >= 11 is 1.35. The molecule has 7 heteroatoms. The van der Waals surface area contributed by atoms with Gasteiger partial charge in [0.1, 0.15) is 12.4 Å². The molecule has 6 nitrogen and oxygen atoms in total. The van der Waals surface area contributed by atoms with E-state index in [0.29, 0.717) is 28.8 Å². The number of methoxy groups -OCH3 is 1. The van der Waals surface area contributed by atoms with Crippen LogP contribution in [0.3, 0.4) is 0 Å². The van der Waals surface area contributed by atoms with Gasteiger partial charge in [-0.3, -0.25) is 15.1 Å². The molecule has 2 aliphatic rings. The summed E-state index contributed by atoms with van der Waals surface area (Å²) in [6.45, 7) is 2.46. The van der Waals surface area contributed by atoms with Gasteiger partial charge in [-0.2, -0.15) is 4.99 Å². The summed E-state index contributed by atoms with van der Waals surface area (Å²) in [5.74, 6) is 0.813. The first kappa shape index (κ1) is 22.7. The van der Waals surface area contributed by atoms with Crippen LogP contribution < -0.4 is 9.47 Å². The molecule has 35 heavy (non-hydrogen) atoms. The van der Waals surface area contributed by atoms with Crippen LogP contribution in [0.2, 0.25) is 0 Å². The molecule has 5 rings (SSSR count). The fourth-order valence-electron chi connectivity index (χ4n) is 3.94. The van der Waals surface area contributed by atoms with Gasteiger partial charge in [0, 0.05) is 5.41 Å². The largest absolute Gasteiger partial charge is 0.493 e. The normalized spacial score (nSPS) is 16.2. The smallest absolute Gasteiger partial charge is 0.283 e. The first-order valence-corrected chi connectivity index (χ1v) is 11.9. The molecule has 2 heterocycles. The third kappa shape index (κ3) is 4.63. The summed E-state index contributed by atoms with van der Waals surface area (Å²) < 4.78 is 11.5.